The summed E-state index contributed by atoms with van der Waals surface area (Å²) in [5.41, 5.74) is 5.44. The highest BCUT2D eigenvalue weighted by atomic mass is 16.5. The molecule has 3 fully saturated rings. The SMILES string of the molecule is NC(=O)[C@]12CCC[C@H]1CN(C(=O)c1coc(C3CCOCC3)n1)C2. The van der Waals surface area contributed by atoms with Gasteiger partial charge < -0.3 is 19.8 Å². The van der Waals surface area contributed by atoms with Crippen LogP contribution in [0.1, 0.15) is 54.4 Å². The number of amides is 2. The van der Waals surface area contributed by atoms with Crippen LogP contribution in [-0.2, 0) is 9.53 Å². The van der Waals surface area contributed by atoms with Gasteiger partial charge in [-0.3, -0.25) is 9.59 Å². The topological polar surface area (TPSA) is 98.7 Å². The van der Waals surface area contributed by atoms with Crippen LogP contribution >= 0.6 is 0 Å². The van der Waals surface area contributed by atoms with Gasteiger partial charge in [0.1, 0.15) is 6.26 Å². The van der Waals surface area contributed by atoms with E-state index in [1.165, 1.54) is 6.26 Å². The number of rotatable bonds is 3. The molecule has 1 aromatic rings. The van der Waals surface area contributed by atoms with Crippen LogP contribution < -0.4 is 5.73 Å². The maximum absolute atomic E-state index is 12.8. The first-order valence-corrected chi connectivity index (χ1v) is 8.72. The molecule has 0 radical (unpaired) electrons. The molecule has 2 amide bonds. The number of carbonyl (C=O) groups is 2. The Morgan fingerprint density at radius 3 is 2.79 bits per heavy atom. The molecule has 0 aromatic carbocycles. The summed E-state index contributed by atoms with van der Waals surface area (Å²) in [5, 5.41) is 0. The number of fused-ring (bicyclic) bond motifs is 1. The Kier molecular flexibility index (Phi) is 3.83. The Morgan fingerprint density at radius 1 is 1.29 bits per heavy atom. The zero-order chi connectivity index (χ0) is 16.7. The molecule has 24 heavy (non-hydrogen) atoms. The summed E-state index contributed by atoms with van der Waals surface area (Å²) >= 11 is 0. The van der Waals surface area contributed by atoms with Gasteiger partial charge in [-0.25, -0.2) is 4.98 Å². The third-order valence-electron chi connectivity index (χ3n) is 5.96. The van der Waals surface area contributed by atoms with Crippen molar-refractivity contribution in [2.24, 2.45) is 17.1 Å². The first kappa shape index (κ1) is 15.6. The minimum absolute atomic E-state index is 0.160. The van der Waals surface area contributed by atoms with E-state index in [1.54, 1.807) is 4.90 Å². The van der Waals surface area contributed by atoms with Crippen LogP contribution in [0, 0.1) is 11.3 Å². The Balaban J connectivity index is 1.49. The number of nitrogens with two attached hydrogens (primary N) is 1. The summed E-state index contributed by atoms with van der Waals surface area (Å²) < 4.78 is 10.9. The number of primary amides is 1. The van der Waals surface area contributed by atoms with Crippen molar-refractivity contribution in [2.45, 2.75) is 38.0 Å². The summed E-state index contributed by atoms with van der Waals surface area (Å²) in [6.45, 7) is 2.39. The van der Waals surface area contributed by atoms with E-state index in [2.05, 4.69) is 4.98 Å². The van der Waals surface area contributed by atoms with Crippen LogP contribution in [0.4, 0.5) is 0 Å². The molecule has 0 bridgehead atoms. The fourth-order valence-electron chi connectivity index (χ4n) is 4.53. The van der Waals surface area contributed by atoms with E-state index in [4.69, 9.17) is 14.9 Å². The van der Waals surface area contributed by atoms with E-state index < -0.39 is 5.41 Å². The standard InChI is InChI=1S/C17H23N3O4/c18-16(22)17-5-1-2-12(17)8-20(10-17)15(21)13-9-24-14(19-13)11-3-6-23-7-4-11/h9,11-12H,1-8,10H2,(H2,18,22)/t12-,17-/m0/s1. The van der Waals surface area contributed by atoms with E-state index in [0.717, 1.165) is 32.1 Å². The molecule has 2 aliphatic heterocycles. The van der Waals surface area contributed by atoms with Crippen LogP contribution in [0.25, 0.3) is 0 Å². The number of aromatic nitrogens is 1. The largest absolute Gasteiger partial charge is 0.448 e. The monoisotopic (exact) mass is 333 g/mol. The lowest BCUT2D eigenvalue weighted by Crippen LogP contribution is -2.41. The number of likely N-dealkylation sites (tertiary alicyclic amines) is 1. The molecule has 0 unspecified atom stereocenters. The molecule has 130 valence electrons. The highest BCUT2D eigenvalue weighted by Gasteiger charge is 2.54. The molecule has 7 nitrogen and oxygen atoms in total. The number of nitrogens with zero attached hydrogens (tertiary/aromatic N) is 2. The van der Waals surface area contributed by atoms with Gasteiger partial charge in [0.2, 0.25) is 5.91 Å². The van der Waals surface area contributed by atoms with Crippen molar-refractivity contribution in [3.63, 3.8) is 0 Å². The molecule has 7 heteroatoms. The number of hydrogen-bond donors (Lipinski definition) is 1. The lowest BCUT2D eigenvalue weighted by molar-refractivity contribution is -0.128. The Bertz CT molecular complexity index is 652. The quantitative estimate of drug-likeness (QED) is 0.899. The highest BCUT2D eigenvalue weighted by molar-refractivity contribution is 5.93. The Morgan fingerprint density at radius 2 is 2.08 bits per heavy atom. The average Bonchev–Trinajstić information content (AvgIpc) is 3.29. The van der Waals surface area contributed by atoms with Crippen LogP contribution in [0.5, 0.6) is 0 Å². The van der Waals surface area contributed by atoms with Gasteiger partial charge in [-0.05, 0) is 31.6 Å². The van der Waals surface area contributed by atoms with Gasteiger partial charge in [0.05, 0.1) is 5.41 Å². The van der Waals surface area contributed by atoms with E-state index >= 15 is 0 Å². The summed E-state index contributed by atoms with van der Waals surface area (Å²) in [7, 11) is 0. The van der Waals surface area contributed by atoms with Gasteiger partial charge in [-0.15, -0.1) is 0 Å². The number of oxazole rings is 1. The Labute approximate surface area is 140 Å². The van der Waals surface area contributed by atoms with Gasteiger partial charge in [-0.1, -0.05) is 6.42 Å². The summed E-state index contributed by atoms with van der Waals surface area (Å²) in [5.74, 6) is 0.581. The fourth-order valence-corrected chi connectivity index (χ4v) is 4.53. The maximum atomic E-state index is 12.8. The average molecular weight is 333 g/mol. The zero-order valence-electron chi connectivity index (χ0n) is 13.7. The highest BCUT2D eigenvalue weighted by Crippen LogP contribution is 2.48. The Hall–Kier alpha value is -1.89. The second-order valence-electron chi connectivity index (χ2n) is 7.25. The predicted molar refractivity (Wildman–Crippen MR) is 84.2 cm³/mol. The molecular weight excluding hydrogens is 310 g/mol. The number of ether oxygens (including phenoxy) is 1. The summed E-state index contributed by atoms with van der Waals surface area (Å²) in [6.07, 6.45) is 5.92. The van der Waals surface area contributed by atoms with Crippen molar-refractivity contribution in [2.75, 3.05) is 26.3 Å². The summed E-state index contributed by atoms with van der Waals surface area (Å²) in [6, 6.07) is 0. The molecule has 2 atom stereocenters. The van der Waals surface area contributed by atoms with Gasteiger partial charge in [0.15, 0.2) is 11.6 Å². The molecular formula is C17H23N3O4. The molecule has 1 aromatic heterocycles. The van der Waals surface area contributed by atoms with Gasteiger partial charge in [0.25, 0.3) is 5.91 Å². The lowest BCUT2D eigenvalue weighted by Gasteiger charge is -2.24. The van der Waals surface area contributed by atoms with Crippen LogP contribution in [0.15, 0.2) is 10.7 Å². The van der Waals surface area contributed by atoms with E-state index in [9.17, 15) is 9.59 Å². The molecule has 1 aliphatic carbocycles. The second-order valence-corrected chi connectivity index (χ2v) is 7.25. The lowest BCUT2D eigenvalue weighted by atomic mass is 9.80. The predicted octanol–water partition coefficient (Wildman–Crippen LogP) is 1.30. The van der Waals surface area contributed by atoms with Crippen molar-refractivity contribution in [1.29, 1.82) is 0 Å². The second kappa shape index (κ2) is 5.88. The molecule has 2 N–H and O–H groups in total. The molecule has 3 aliphatic rings. The summed E-state index contributed by atoms with van der Waals surface area (Å²) in [4.78, 5) is 30.9. The van der Waals surface area contributed by atoms with E-state index in [-0.39, 0.29) is 23.7 Å². The normalized spacial score (nSPS) is 30.5. The van der Waals surface area contributed by atoms with Gasteiger partial charge >= 0.3 is 0 Å². The van der Waals surface area contributed by atoms with Gasteiger partial charge in [-0.2, -0.15) is 0 Å². The van der Waals surface area contributed by atoms with Crippen molar-refractivity contribution >= 4 is 11.8 Å². The molecule has 2 saturated heterocycles. The van der Waals surface area contributed by atoms with Crippen molar-refractivity contribution < 1.29 is 18.7 Å². The van der Waals surface area contributed by atoms with E-state index in [0.29, 0.717) is 37.9 Å². The number of carbonyl (C=O) groups excluding carboxylic acids is 2. The number of hydrogen-bond acceptors (Lipinski definition) is 5. The first-order valence-electron chi connectivity index (χ1n) is 8.72. The van der Waals surface area contributed by atoms with Crippen LogP contribution in [0.2, 0.25) is 0 Å². The van der Waals surface area contributed by atoms with E-state index in [1.807, 2.05) is 0 Å². The maximum Gasteiger partial charge on any atom is 0.275 e. The van der Waals surface area contributed by atoms with Crippen molar-refractivity contribution in [1.82, 2.24) is 9.88 Å². The smallest absolute Gasteiger partial charge is 0.275 e. The van der Waals surface area contributed by atoms with Gasteiger partial charge in [0, 0.05) is 32.2 Å². The first-order chi connectivity index (χ1) is 11.6. The molecule has 0 spiro atoms. The van der Waals surface area contributed by atoms with Crippen LogP contribution in [-0.4, -0.2) is 48.0 Å². The van der Waals surface area contributed by atoms with Crippen LogP contribution in [0.3, 0.4) is 0 Å². The molecule has 3 heterocycles. The van der Waals surface area contributed by atoms with Crippen molar-refractivity contribution in [3.8, 4) is 0 Å². The minimum Gasteiger partial charge on any atom is -0.448 e. The molecule has 1 saturated carbocycles. The molecule has 4 rings (SSSR count). The third-order valence-corrected chi connectivity index (χ3v) is 5.96. The van der Waals surface area contributed by atoms with Crippen molar-refractivity contribution in [3.05, 3.63) is 17.8 Å². The zero-order valence-corrected chi connectivity index (χ0v) is 13.7. The fraction of sp³-hybridized carbons (Fsp3) is 0.706. The minimum atomic E-state index is -0.539. The third kappa shape index (κ3) is 2.42.